The molecule has 25 heavy (non-hydrogen) atoms. The predicted molar refractivity (Wildman–Crippen MR) is 110 cm³/mol. The second-order valence-electron chi connectivity index (χ2n) is 7.68. The number of rotatable bonds is 9. The molecule has 0 bridgehead atoms. The minimum absolute atomic E-state index is 0.281. The summed E-state index contributed by atoms with van der Waals surface area (Å²) >= 11 is 0. The lowest BCUT2D eigenvalue weighted by Crippen LogP contribution is -2.40. The van der Waals surface area contributed by atoms with E-state index >= 15 is 0 Å². The molecular weight excluding hydrogens is 328 g/mol. The molecule has 0 unspecified atom stereocenters. The molecule has 0 amide bonds. The molecular formula is C21H34O3Si. The topological polar surface area (TPSA) is 27.7 Å². The summed E-state index contributed by atoms with van der Waals surface area (Å²) in [6.07, 6.45) is 10.4. The molecule has 1 rings (SSSR count). The van der Waals surface area contributed by atoms with Crippen molar-refractivity contribution in [3.8, 4) is 11.5 Å². The molecule has 0 saturated heterocycles. The zero-order valence-corrected chi connectivity index (χ0v) is 17.9. The van der Waals surface area contributed by atoms with Gasteiger partial charge in [0.25, 0.3) is 0 Å². The van der Waals surface area contributed by atoms with Gasteiger partial charge in [-0.3, -0.25) is 0 Å². The molecule has 4 heteroatoms. The molecule has 0 spiro atoms. The first-order valence-corrected chi connectivity index (χ1v) is 11.8. The van der Waals surface area contributed by atoms with Crippen LogP contribution in [-0.4, -0.2) is 29.1 Å². The van der Waals surface area contributed by atoms with Gasteiger partial charge in [-0.25, -0.2) is 0 Å². The second kappa shape index (κ2) is 9.83. The Hall–Kier alpha value is -1.52. The van der Waals surface area contributed by atoms with Crippen LogP contribution in [0.1, 0.15) is 39.2 Å². The van der Waals surface area contributed by atoms with Crippen LogP contribution in [0.25, 0.3) is 6.08 Å². The molecule has 1 aromatic carbocycles. The van der Waals surface area contributed by atoms with Crippen molar-refractivity contribution >= 4 is 14.4 Å². The smallest absolute Gasteiger partial charge is 0.191 e. The lowest BCUT2D eigenvalue weighted by molar-refractivity contribution is 0.283. The van der Waals surface area contributed by atoms with Crippen molar-refractivity contribution in [3.63, 3.8) is 0 Å². The third-order valence-electron chi connectivity index (χ3n) is 4.69. The van der Waals surface area contributed by atoms with E-state index in [4.69, 9.17) is 13.9 Å². The zero-order valence-electron chi connectivity index (χ0n) is 16.9. The molecule has 0 atom stereocenters. The fourth-order valence-corrected chi connectivity index (χ4v) is 3.10. The molecule has 0 aliphatic heterocycles. The summed E-state index contributed by atoms with van der Waals surface area (Å²) in [7, 11) is 1.72. The third-order valence-corrected chi connectivity index (χ3v) is 9.23. The lowest BCUT2D eigenvalue weighted by Gasteiger charge is -2.36. The first-order chi connectivity index (χ1) is 11.7. The summed E-state index contributed by atoms with van der Waals surface area (Å²) in [5.74, 6) is 1.59. The highest BCUT2D eigenvalue weighted by atomic mass is 28.4. The maximum atomic E-state index is 6.18. The van der Waals surface area contributed by atoms with E-state index < -0.39 is 8.32 Å². The van der Waals surface area contributed by atoms with Gasteiger partial charge in [0.05, 0.1) is 14.2 Å². The van der Waals surface area contributed by atoms with Crippen LogP contribution in [0, 0.1) is 0 Å². The van der Waals surface area contributed by atoms with E-state index in [1.165, 1.54) is 0 Å². The molecule has 0 heterocycles. The van der Waals surface area contributed by atoms with Gasteiger partial charge in [0.15, 0.2) is 8.32 Å². The Balaban J connectivity index is 2.40. The van der Waals surface area contributed by atoms with Crippen molar-refractivity contribution in [2.24, 2.45) is 0 Å². The zero-order chi connectivity index (χ0) is 18.9. The molecule has 0 fully saturated rings. The summed E-state index contributed by atoms with van der Waals surface area (Å²) < 4.78 is 16.7. The molecule has 0 N–H and O–H groups in total. The van der Waals surface area contributed by atoms with Gasteiger partial charge in [-0.2, -0.15) is 0 Å². The van der Waals surface area contributed by atoms with Gasteiger partial charge in [0.2, 0.25) is 0 Å². The first kappa shape index (κ1) is 21.5. The van der Waals surface area contributed by atoms with E-state index in [2.05, 4.69) is 46.0 Å². The highest BCUT2D eigenvalue weighted by Crippen LogP contribution is 2.36. The highest BCUT2D eigenvalue weighted by Gasteiger charge is 2.36. The molecule has 0 radical (unpaired) electrons. The Labute approximate surface area is 154 Å². The summed E-state index contributed by atoms with van der Waals surface area (Å²) in [5, 5.41) is 0.281. The summed E-state index contributed by atoms with van der Waals surface area (Å²) in [4.78, 5) is 0. The van der Waals surface area contributed by atoms with E-state index in [0.29, 0.717) is 0 Å². The maximum Gasteiger partial charge on any atom is 0.191 e. The van der Waals surface area contributed by atoms with Crippen LogP contribution < -0.4 is 9.47 Å². The summed E-state index contributed by atoms with van der Waals surface area (Å²) in [6.45, 7) is 12.3. The van der Waals surface area contributed by atoms with Crippen molar-refractivity contribution in [1.82, 2.24) is 0 Å². The Morgan fingerprint density at radius 3 is 2.08 bits per heavy atom. The average Bonchev–Trinajstić information content (AvgIpc) is 2.55. The fraction of sp³-hybridized carbons (Fsp3) is 0.524. The fourth-order valence-electron chi connectivity index (χ4n) is 2.01. The largest absolute Gasteiger partial charge is 0.497 e. The van der Waals surface area contributed by atoms with E-state index in [0.717, 1.165) is 36.5 Å². The number of unbranched alkanes of at least 4 members (excludes halogenated alkanes) is 1. The minimum Gasteiger partial charge on any atom is -0.497 e. The van der Waals surface area contributed by atoms with E-state index in [1.54, 1.807) is 14.2 Å². The van der Waals surface area contributed by atoms with Crippen molar-refractivity contribution in [2.45, 2.75) is 51.7 Å². The van der Waals surface area contributed by atoms with Crippen molar-refractivity contribution in [3.05, 3.63) is 42.0 Å². The molecule has 140 valence electrons. The predicted octanol–water partition coefficient (Wildman–Crippen LogP) is 6.08. The summed E-state index contributed by atoms with van der Waals surface area (Å²) in [6, 6.07) is 5.84. The van der Waals surface area contributed by atoms with Crippen LogP contribution in [0.3, 0.4) is 0 Å². The number of hydrogen-bond donors (Lipinski definition) is 0. The normalized spacial score (nSPS) is 12.9. The average molecular weight is 363 g/mol. The van der Waals surface area contributed by atoms with E-state index in [1.807, 2.05) is 30.4 Å². The van der Waals surface area contributed by atoms with Gasteiger partial charge >= 0.3 is 0 Å². The van der Waals surface area contributed by atoms with Gasteiger partial charge in [-0.15, -0.1) is 0 Å². The van der Waals surface area contributed by atoms with Crippen LogP contribution in [-0.2, 0) is 4.43 Å². The Bertz CT molecular complexity index is 561. The second-order valence-corrected chi connectivity index (χ2v) is 12.5. The Morgan fingerprint density at radius 1 is 0.960 bits per heavy atom. The maximum absolute atomic E-state index is 6.18. The highest BCUT2D eigenvalue weighted by molar-refractivity contribution is 6.74. The van der Waals surface area contributed by atoms with Crippen LogP contribution in [0.4, 0.5) is 0 Å². The Morgan fingerprint density at radius 2 is 1.56 bits per heavy atom. The third kappa shape index (κ3) is 7.49. The number of methoxy groups -OCH3 is 2. The van der Waals surface area contributed by atoms with Crippen LogP contribution in [0.2, 0.25) is 18.1 Å². The molecule has 0 aliphatic rings. The number of hydrogen-bond acceptors (Lipinski definition) is 3. The van der Waals surface area contributed by atoms with Gasteiger partial charge in [0, 0.05) is 12.7 Å². The van der Waals surface area contributed by atoms with Crippen molar-refractivity contribution < 1.29 is 13.9 Å². The number of benzene rings is 1. The van der Waals surface area contributed by atoms with Gasteiger partial charge in [0.1, 0.15) is 11.5 Å². The van der Waals surface area contributed by atoms with Crippen LogP contribution in [0.5, 0.6) is 11.5 Å². The quantitative estimate of drug-likeness (QED) is 0.303. The van der Waals surface area contributed by atoms with E-state index in [-0.39, 0.29) is 5.04 Å². The molecule has 3 nitrogen and oxygen atoms in total. The molecule has 0 saturated carbocycles. The molecule has 1 aromatic rings. The van der Waals surface area contributed by atoms with Crippen molar-refractivity contribution in [1.29, 1.82) is 0 Å². The standard InChI is InChI=1S/C21H34O3Si/c1-21(2,3)25(6,7)24-14-12-10-8-9-11-13-18-15-19(22-4)17-20(16-18)23-5/h8-9,11,13,15-17H,10,12,14H2,1-7H3/b9-8+,13-11+. The van der Waals surface area contributed by atoms with Gasteiger partial charge < -0.3 is 13.9 Å². The monoisotopic (exact) mass is 362 g/mol. The van der Waals surface area contributed by atoms with Gasteiger partial charge in [-0.1, -0.05) is 45.1 Å². The first-order valence-electron chi connectivity index (χ1n) is 8.90. The lowest BCUT2D eigenvalue weighted by atomic mass is 10.2. The molecule has 0 aromatic heterocycles. The minimum atomic E-state index is -1.60. The number of allylic oxidation sites excluding steroid dienone is 3. The number of ether oxygens (including phenoxy) is 2. The SMILES string of the molecule is COc1cc(/C=C/C=C/CCCO[Si](C)(C)C(C)(C)C)cc(OC)c1. The Kier molecular flexibility index (Phi) is 8.46. The van der Waals surface area contributed by atoms with Crippen molar-refractivity contribution in [2.75, 3.05) is 20.8 Å². The van der Waals surface area contributed by atoms with Crippen LogP contribution in [0.15, 0.2) is 36.4 Å². The van der Waals surface area contributed by atoms with E-state index in [9.17, 15) is 0 Å². The van der Waals surface area contributed by atoms with Gasteiger partial charge in [-0.05, 0) is 48.7 Å². The summed E-state index contributed by atoms with van der Waals surface area (Å²) in [5.41, 5.74) is 1.06. The molecule has 0 aliphatic carbocycles. The van der Waals surface area contributed by atoms with Crippen LogP contribution >= 0.6 is 0 Å².